The second-order valence-corrected chi connectivity index (χ2v) is 7.82. The Hall–Kier alpha value is -1.80. The fourth-order valence-electron chi connectivity index (χ4n) is 2.60. The van der Waals surface area contributed by atoms with E-state index in [-0.39, 0.29) is 11.5 Å². The number of thioether (sulfide) groups is 1. The van der Waals surface area contributed by atoms with Crippen LogP contribution in [0.3, 0.4) is 0 Å². The quantitative estimate of drug-likeness (QED) is 0.672. The Morgan fingerprint density at radius 2 is 1.96 bits per heavy atom. The summed E-state index contributed by atoms with van der Waals surface area (Å²) in [5.41, 5.74) is 5.86. The topological polar surface area (TPSA) is 101 Å². The van der Waals surface area contributed by atoms with Crippen LogP contribution in [0.25, 0.3) is 0 Å². The molecular formula is C16H17BrN4O2S. The standard InChI is InChI=1S/C16H17BrN4O2S/c17-10-7-5-9(6-8-10)14(22)19-12-13(18)20-16(21-15(12)23)24-11-3-1-2-4-11/h5-8,11H,1-4H2,(H,19,22)(H3,18,20,21,23). The molecular weight excluding hydrogens is 392 g/mol. The molecule has 6 nitrogen and oxygen atoms in total. The maximum absolute atomic E-state index is 12.2. The number of aromatic nitrogens is 2. The number of anilines is 2. The van der Waals surface area contributed by atoms with Crippen molar-refractivity contribution in [1.29, 1.82) is 0 Å². The van der Waals surface area contributed by atoms with Gasteiger partial charge in [0.15, 0.2) is 11.0 Å². The lowest BCUT2D eigenvalue weighted by Gasteiger charge is -2.11. The molecule has 1 aliphatic rings. The van der Waals surface area contributed by atoms with Crippen LogP contribution in [-0.4, -0.2) is 21.1 Å². The van der Waals surface area contributed by atoms with Gasteiger partial charge in [-0.2, -0.15) is 0 Å². The first-order valence-corrected chi connectivity index (χ1v) is 9.33. The number of carbonyl (C=O) groups excluding carboxylic acids is 1. The maximum atomic E-state index is 12.2. The van der Waals surface area contributed by atoms with Crippen molar-refractivity contribution in [2.75, 3.05) is 11.1 Å². The number of benzene rings is 1. The predicted octanol–water partition coefficient (Wildman–Crippen LogP) is 3.40. The average Bonchev–Trinajstić information content (AvgIpc) is 3.04. The van der Waals surface area contributed by atoms with Crippen LogP contribution < -0.4 is 16.6 Å². The molecule has 0 radical (unpaired) electrons. The summed E-state index contributed by atoms with van der Waals surface area (Å²) in [6.07, 6.45) is 4.66. The van der Waals surface area contributed by atoms with Gasteiger partial charge in [-0.3, -0.25) is 14.6 Å². The highest BCUT2D eigenvalue weighted by Gasteiger charge is 2.19. The van der Waals surface area contributed by atoms with Gasteiger partial charge in [-0.1, -0.05) is 40.5 Å². The second kappa shape index (κ2) is 7.40. The third-order valence-corrected chi connectivity index (χ3v) is 5.60. The number of nitrogens with zero attached hydrogens (tertiary/aromatic N) is 1. The number of nitrogen functional groups attached to an aromatic ring is 1. The van der Waals surface area contributed by atoms with Crippen LogP contribution in [0.1, 0.15) is 36.0 Å². The predicted molar refractivity (Wildman–Crippen MR) is 99.5 cm³/mol. The molecule has 0 spiro atoms. The average molecular weight is 409 g/mol. The number of H-pyrrole nitrogens is 1. The number of nitrogens with two attached hydrogens (primary N) is 1. The molecule has 1 amide bonds. The minimum Gasteiger partial charge on any atom is -0.382 e. The number of nitrogens with one attached hydrogen (secondary N) is 2. The summed E-state index contributed by atoms with van der Waals surface area (Å²) in [5.74, 6) is -0.373. The molecule has 0 bridgehead atoms. The lowest BCUT2D eigenvalue weighted by Crippen LogP contribution is -2.23. The van der Waals surface area contributed by atoms with E-state index < -0.39 is 11.5 Å². The third-order valence-electron chi connectivity index (χ3n) is 3.85. The summed E-state index contributed by atoms with van der Waals surface area (Å²) in [5, 5.41) is 3.51. The SMILES string of the molecule is Nc1nc(SC2CCCC2)[nH]c(=O)c1NC(=O)c1ccc(Br)cc1. The number of rotatable bonds is 4. The summed E-state index contributed by atoms with van der Waals surface area (Å²) in [7, 11) is 0. The molecule has 1 saturated carbocycles. The molecule has 0 unspecified atom stereocenters. The zero-order chi connectivity index (χ0) is 17.1. The Kier molecular flexibility index (Phi) is 5.25. The van der Waals surface area contributed by atoms with E-state index in [2.05, 4.69) is 31.2 Å². The summed E-state index contributed by atoms with van der Waals surface area (Å²) in [4.78, 5) is 31.4. The number of carbonyl (C=O) groups is 1. The molecule has 1 heterocycles. The highest BCUT2D eigenvalue weighted by Crippen LogP contribution is 2.33. The molecule has 0 atom stereocenters. The van der Waals surface area contributed by atoms with Crippen LogP contribution >= 0.6 is 27.7 Å². The zero-order valence-corrected chi connectivity index (χ0v) is 15.2. The molecule has 2 aromatic rings. The first-order valence-electron chi connectivity index (χ1n) is 7.66. The molecule has 0 saturated heterocycles. The normalized spacial score (nSPS) is 14.7. The van der Waals surface area contributed by atoms with Crippen LogP contribution in [0.4, 0.5) is 11.5 Å². The third kappa shape index (κ3) is 3.99. The Bertz CT molecular complexity index is 801. The maximum Gasteiger partial charge on any atom is 0.277 e. The Morgan fingerprint density at radius 3 is 2.58 bits per heavy atom. The minimum absolute atomic E-state index is 0.0151. The van der Waals surface area contributed by atoms with Crippen LogP contribution in [0.2, 0.25) is 0 Å². The molecule has 8 heteroatoms. The van der Waals surface area contributed by atoms with Crippen LogP contribution in [-0.2, 0) is 0 Å². The molecule has 1 aromatic carbocycles. The monoisotopic (exact) mass is 408 g/mol. The van der Waals surface area contributed by atoms with Crippen molar-refractivity contribution < 1.29 is 4.79 Å². The first-order chi connectivity index (χ1) is 11.5. The zero-order valence-electron chi connectivity index (χ0n) is 12.8. The summed E-state index contributed by atoms with van der Waals surface area (Å²) in [6.45, 7) is 0. The largest absolute Gasteiger partial charge is 0.382 e. The summed E-state index contributed by atoms with van der Waals surface area (Å²) >= 11 is 4.85. The molecule has 4 N–H and O–H groups in total. The Morgan fingerprint density at radius 1 is 1.29 bits per heavy atom. The van der Waals surface area contributed by atoms with E-state index in [0.717, 1.165) is 17.3 Å². The molecule has 3 rings (SSSR count). The minimum atomic E-state index is -0.437. The smallest absolute Gasteiger partial charge is 0.277 e. The van der Waals surface area contributed by atoms with Crippen molar-refractivity contribution in [3.63, 3.8) is 0 Å². The number of halogens is 1. The van der Waals surface area contributed by atoms with Gasteiger partial charge in [0.1, 0.15) is 5.69 Å². The number of aromatic amines is 1. The van der Waals surface area contributed by atoms with Gasteiger partial charge in [0.05, 0.1) is 0 Å². The number of hydrogen-bond donors (Lipinski definition) is 3. The molecule has 126 valence electrons. The van der Waals surface area contributed by atoms with E-state index >= 15 is 0 Å². The molecule has 24 heavy (non-hydrogen) atoms. The van der Waals surface area contributed by atoms with Crippen LogP contribution in [0, 0.1) is 0 Å². The highest BCUT2D eigenvalue weighted by molar-refractivity contribution is 9.10. The molecule has 1 fully saturated rings. The first kappa shape index (κ1) is 17.0. The fraction of sp³-hybridized carbons (Fsp3) is 0.312. The number of amides is 1. The lowest BCUT2D eigenvalue weighted by atomic mass is 10.2. The van der Waals surface area contributed by atoms with Crippen molar-refractivity contribution in [3.8, 4) is 0 Å². The van der Waals surface area contributed by atoms with Crippen molar-refractivity contribution in [2.24, 2.45) is 0 Å². The van der Waals surface area contributed by atoms with Gasteiger partial charge in [-0.15, -0.1) is 0 Å². The molecule has 1 aliphatic carbocycles. The van der Waals surface area contributed by atoms with Gasteiger partial charge in [-0.05, 0) is 37.1 Å². The van der Waals surface area contributed by atoms with Gasteiger partial charge in [0.2, 0.25) is 0 Å². The van der Waals surface area contributed by atoms with Crippen LogP contribution in [0.5, 0.6) is 0 Å². The van der Waals surface area contributed by atoms with Crippen LogP contribution in [0.15, 0.2) is 38.7 Å². The number of hydrogen-bond acceptors (Lipinski definition) is 5. The van der Waals surface area contributed by atoms with E-state index in [1.54, 1.807) is 36.0 Å². The van der Waals surface area contributed by atoms with Crippen molar-refractivity contribution in [3.05, 3.63) is 44.7 Å². The second-order valence-electron chi connectivity index (χ2n) is 5.62. The van der Waals surface area contributed by atoms with Gasteiger partial charge in [0.25, 0.3) is 11.5 Å². The van der Waals surface area contributed by atoms with Crippen molar-refractivity contribution >= 4 is 45.1 Å². The van der Waals surface area contributed by atoms with E-state index in [1.165, 1.54) is 12.8 Å². The van der Waals surface area contributed by atoms with Gasteiger partial charge in [-0.25, -0.2) is 4.98 Å². The van der Waals surface area contributed by atoms with E-state index in [4.69, 9.17) is 5.73 Å². The van der Waals surface area contributed by atoms with Crippen molar-refractivity contribution in [2.45, 2.75) is 36.1 Å². The Balaban J connectivity index is 1.76. The van der Waals surface area contributed by atoms with E-state index in [1.807, 2.05) is 0 Å². The summed E-state index contributed by atoms with van der Waals surface area (Å²) < 4.78 is 0.867. The highest BCUT2D eigenvalue weighted by atomic mass is 79.9. The van der Waals surface area contributed by atoms with E-state index in [0.29, 0.717) is 16.0 Å². The molecule has 0 aliphatic heterocycles. The lowest BCUT2D eigenvalue weighted by molar-refractivity contribution is 0.102. The van der Waals surface area contributed by atoms with E-state index in [9.17, 15) is 9.59 Å². The summed E-state index contributed by atoms with van der Waals surface area (Å²) in [6, 6.07) is 6.81. The van der Waals surface area contributed by atoms with Gasteiger partial charge < -0.3 is 11.1 Å². The Labute approximate surface area is 151 Å². The molecule has 1 aromatic heterocycles. The fourth-order valence-corrected chi connectivity index (χ4v) is 4.05. The van der Waals surface area contributed by atoms with Gasteiger partial charge in [0, 0.05) is 15.3 Å². The van der Waals surface area contributed by atoms with Gasteiger partial charge >= 0.3 is 0 Å². The van der Waals surface area contributed by atoms with Crippen molar-refractivity contribution in [1.82, 2.24) is 9.97 Å².